The fourth-order valence-electron chi connectivity index (χ4n) is 2.76. The van der Waals surface area contributed by atoms with E-state index >= 15 is 0 Å². The molecule has 2 atom stereocenters. The lowest BCUT2D eigenvalue weighted by atomic mass is 9.85. The maximum absolute atomic E-state index is 5.80. The summed E-state index contributed by atoms with van der Waals surface area (Å²) in [6.07, 6.45) is 0.393. The predicted octanol–water partition coefficient (Wildman–Crippen LogP) is 3.78. The molecule has 2 aromatic carbocycles. The van der Waals surface area contributed by atoms with Crippen LogP contribution in [-0.4, -0.2) is 7.11 Å². The van der Waals surface area contributed by atoms with Crippen LogP contribution in [0.4, 0.5) is 0 Å². The van der Waals surface area contributed by atoms with Crippen molar-refractivity contribution in [3.63, 3.8) is 0 Å². The molecule has 1 heterocycles. The average molecular weight is 256 g/mol. The third-order valence-electron chi connectivity index (χ3n) is 3.69. The van der Waals surface area contributed by atoms with Gasteiger partial charge in [-0.15, -0.1) is 12.6 Å². The van der Waals surface area contributed by atoms with E-state index < -0.39 is 0 Å². The Labute approximate surface area is 111 Å². The molecule has 1 fully saturated rings. The highest BCUT2D eigenvalue weighted by atomic mass is 32.1. The molecule has 90 valence electrons. The van der Waals surface area contributed by atoms with Crippen LogP contribution in [0.25, 0.3) is 11.1 Å². The van der Waals surface area contributed by atoms with Gasteiger partial charge < -0.3 is 9.47 Å². The Balaban J connectivity index is 1.97. The van der Waals surface area contributed by atoms with Crippen molar-refractivity contribution in [2.45, 2.75) is 17.1 Å². The first kappa shape index (κ1) is 10.5. The zero-order valence-corrected chi connectivity index (χ0v) is 10.8. The van der Waals surface area contributed by atoms with Gasteiger partial charge in [0.05, 0.1) is 7.11 Å². The van der Waals surface area contributed by atoms with Crippen molar-refractivity contribution in [3.8, 4) is 16.9 Å². The maximum Gasteiger partial charge on any atom is 0.119 e. The quantitative estimate of drug-likeness (QED) is 0.619. The lowest BCUT2D eigenvalue weighted by Gasteiger charge is -2.17. The van der Waals surface area contributed by atoms with Gasteiger partial charge in [0.1, 0.15) is 18.0 Å². The summed E-state index contributed by atoms with van der Waals surface area (Å²) in [7, 11) is 1.69. The number of ether oxygens (including phenoxy) is 2. The van der Waals surface area contributed by atoms with Crippen molar-refractivity contribution in [2.24, 2.45) is 0 Å². The summed E-state index contributed by atoms with van der Waals surface area (Å²) in [6, 6.07) is 12.5. The molecule has 1 aliphatic heterocycles. The standard InChI is InChI=1S/C15H12O2S/c1-16-8-2-4-10-11-5-3-9(18)7-13(11)15-14(17-15)12(10)6-8/h2-7,14-15,18H,1H3. The molecule has 4 rings (SSSR count). The highest BCUT2D eigenvalue weighted by molar-refractivity contribution is 7.80. The Bertz CT molecular complexity index is 651. The van der Waals surface area contributed by atoms with Crippen molar-refractivity contribution in [3.05, 3.63) is 47.5 Å². The molecular formula is C15H12O2S. The predicted molar refractivity (Wildman–Crippen MR) is 72.2 cm³/mol. The zero-order chi connectivity index (χ0) is 12.3. The van der Waals surface area contributed by atoms with Gasteiger partial charge >= 0.3 is 0 Å². The summed E-state index contributed by atoms with van der Waals surface area (Å²) in [5, 5.41) is 0. The summed E-state index contributed by atoms with van der Waals surface area (Å²) >= 11 is 4.40. The fraction of sp³-hybridized carbons (Fsp3) is 0.200. The fourth-order valence-corrected chi connectivity index (χ4v) is 2.98. The zero-order valence-electron chi connectivity index (χ0n) is 9.88. The van der Waals surface area contributed by atoms with Crippen LogP contribution in [-0.2, 0) is 4.74 Å². The van der Waals surface area contributed by atoms with Crippen molar-refractivity contribution >= 4 is 12.6 Å². The van der Waals surface area contributed by atoms with Gasteiger partial charge in [0, 0.05) is 4.90 Å². The SMILES string of the molecule is COc1ccc2c(c1)C1OC1c1cc(S)ccc1-2. The highest BCUT2D eigenvalue weighted by Gasteiger charge is 2.47. The Morgan fingerprint density at radius 2 is 1.67 bits per heavy atom. The van der Waals surface area contributed by atoms with Gasteiger partial charge in [-0.3, -0.25) is 0 Å². The summed E-state index contributed by atoms with van der Waals surface area (Å²) in [4.78, 5) is 0.986. The second-order valence-electron chi connectivity index (χ2n) is 4.70. The third kappa shape index (κ3) is 1.35. The van der Waals surface area contributed by atoms with Gasteiger partial charge in [-0.05, 0) is 46.5 Å². The van der Waals surface area contributed by atoms with Crippen molar-refractivity contribution in [1.82, 2.24) is 0 Å². The number of hydrogen-bond acceptors (Lipinski definition) is 3. The lowest BCUT2D eigenvalue weighted by Crippen LogP contribution is -2.00. The van der Waals surface area contributed by atoms with Crippen molar-refractivity contribution in [1.29, 1.82) is 0 Å². The monoisotopic (exact) mass is 256 g/mol. The van der Waals surface area contributed by atoms with Gasteiger partial charge in [0.2, 0.25) is 0 Å². The van der Waals surface area contributed by atoms with Crippen LogP contribution in [0.2, 0.25) is 0 Å². The molecular weight excluding hydrogens is 244 g/mol. The number of hydrogen-bond donors (Lipinski definition) is 1. The maximum atomic E-state index is 5.80. The molecule has 0 saturated carbocycles. The van der Waals surface area contributed by atoms with Crippen LogP contribution in [0.15, 0.2) is 41.3 Å². The van der Waals surface area contributed by atoms with E-state index in [9.17, 15) is 0 Å². The molecule has 2 aliphatic rings. The van der Waals surface area contributed by atoms with E-state index in [2.05, 4.69) is 36.9 Å². The molecule has 1 saturated heterocycles. The van der Waals surface area contributed by atoms with Crippen LogP contribution >= 0.6 is 12.6 Å². The van der Waals surface area contributed by atoms with E-state index in [0.29, 0.717) is 0 Å². The Morgan fingerprint density at radius 3 is 2.39 bits per heavy atom. The van der Waals surface area contributed by atoms with Gasteiger partial charge in [0.25, 0.3) is 0 Å². The highest BCUT2D eigenvalue weighted by Crippen LogP contribution is 2.59. The lowest BCUT2D eigenvalue weighted by molar-refractivity contribution is 0.378. The Hall–Kier alpha value is -1.45. The van der Waals surface area contributed by atoms with E-state index in [1.54, 1.807) is 7.11 Å². The van der Waals surface area contributed by atoms with Crippen molar-refractivity contribution in [2.75, 3.05) is 7.11 Å². The first-order valence-electron chi connectivity index (χ1n) is 5.94. The van der Waals surface area contributed by atoms with E-state index in [0.717, 1.165) is 10.6 Å². The van der Waals surface area contributed by atoms with Gasteiger partial charge in [-0.25, -0.2) is 0 Å². The summed E-state index contributed by atoms with van der Waals surface area (Å²) in [6.45, 7) is 0. The van der Waals surface area contributed by atoms with E-state index in [4.69, 9.17) is 9.47 Å². The second kappa shape index (κ2) is 3.53. The average Bonchev–Trinajstić information content (AvgIpc) is 3.19. The largest absolute Gasteiger partial charge is 0.497 e. The van der Waals surface area contributed by atoms with Crippen LogP contribution < -0.4 is 4.74 Å². The molecule has 0 amide bonds. The minimum atomic E-state index is 0.192. The number of epoxide rings is 1. The third-order valence-corrected chi connectivity index (χ3v) is 3.97. The Morgan fingerprint density at radius 1 is 1.00 bits per heavy atom. The molecule has 0 N–H and O–H groups in total. The molecule has 2 nitrogen and oxygen atoms in total. The normalized spacial score (nSPS) is 22.8. The molecule has 0 bridgehead atoms. The summed E-state index contributed by atoms with van der Waals surface area (Å²) < 4.78 is 11.1. The van der Waals surface area contributed by atoms with E-state index in [-0.39, 0.29) is 12.2 Å². The smallest absolute Gasteiger partial charge is 0.119 e. The molecule has 0 aromatic heterocycles. The minimum absolute atomic E-state index is 0.192. The van der Waals surface area contributed by atoms with Gasteiger partial charge in [-0.2, -0.15) is 0 Å². The van der Waals surface area contributed by atoms with Gasteiger partial charge in [0.15, 0.2) is 0 Å². The van der Waals surface area contributed by atoms with E-state index in [1.165, 1.54) is 22.3 Å². The summed E-state index contributed by atoms with van der Waals surface area (Å²) in [5.41, 5.74) is 4.99. The first-order valence-corrected chi connectivity index (χ1v) is 6.39. The van der Waals surface area contributed by atoms with Crippen LogP contribution in [0.3, 0.4) is 0 Å². The van der Waals surface area contributed by atoms with E-state index in [1.807, 2.05) is 12.1 Å². The molecule has 3 heteroatoms. The topological polar surface area (TPSA) is 21.8 Å². The number of thiol groups is 1. The van der Waals surface area contributed by atoms with Gasteiger partial charge in [-0.1, -0.05) is 12.1 Å². The van der Waals surface area contributed by atoms with Crippen LogP contribution in [0.1, 0.15) is 23.3 Å². The number of benzene rings is 2. The summed E-state index contributed by atoms with van der Waals surface area (Å²) in [5.74, 6) is 0.886. The molecule has 18 heavy (non-hydrogen) atoms. The first-order chi connectivity index (χ1) is 8.78. The second-order valence-corrected chi connectivity index (χ2v) is 5.22. The minimum Gasteiger partial charge on any atom is -0.497 e. The van der Waals surface area contributed by atoms with Crippen LogP contribution in [0.5, 0.6) is 5.75 Å². The van der Waals surface area contributed by atoms with Crippen LogP contribution in [0, 0.1) is 0 Å². The number of fused-ring (bicyclic) bond motifs is 6. The molecule has 2 unspecified atom stereocenters. The number of methoxy groups -OCH3 is 1. The van der Waals surface area contributed by atoms with Crippen molar-refractivity contribution < 1.29 is 9.47 Å². The molecule has 0 radical (unpaired) electrons. The molecule has 0 spiro atoms. The molecule has 1 aliphatic carbocycles. The Kier molecular flexibility index (Phi) is 2.05. The molecule has 2 aromatic rings. The number of rotatable bonds is 1.